The lowest BCUT2D eigenvalue weighted by Gasteiger charge is -2.25. The molecule has 362 valence electrons. The third-order valence-corrected chi connectivity index (χ3v) is 12.9. The van der Waals surface area contributed by atoms with Gasteiger partial charge in [-0.05, 0) is 44.9 Å². The number of carbonyl (C=O) groups is 1. The van der Waals surface area contributed by atoms with E-state index in [0.29, 0.717) is 17.4 Å². The number of rotatable bonds is 48. The molecule has 0 aliphatic rings. The summed E-state index contributed by atoms with van der Waals surface area (Å²) in [5, 5.41) is 13.9. The third-order valence-electron chi connectivity index (χ3n) is 11.9. The van der Waals surface area contributed by atoms with E-state index in [1.807, 2.05) is 27.2 Å². The molecule has 61 heavy (non-hydrogen) atoms. The second kappa shape index (κ2) is 44.2. The summed E-state index contributed by atoms with van der Waals surface area (Å²) in [7, 11) is 1.57. The average molecular weight is 884 g/mol. The van der Waals surface area contributed by atoms with Gasteiger partial charge in [0.25, 0.3) is 0 Å². The number of aliphatic hydroxyl groups excluding tert-OH is 1. The van der Waals surface area contributed by atoms with Crippen LogP contribution in [0.4, 0.5) is 0 Å². The molecule has 3 atom stereocenters. The standard InChI is InChI=1S/C52H103N2O6P/c1-6-8-10-12-14-16-18-20-21-22-23-24-25-26-27-28-29-30-31-32-34-35-37-39-41-43-45-51(55)50(49-60-61(57,58)59-48-47-54(3,4)5)53-52(56)46-44-42-40-38-36-33-19-17-15-13-11-9-7-2/h17,19,43,45,50-51,55H,6-16,18,20-42,44,46-49H2,1-5H3,(H-,53,56,57,58)/p+1/b19-17-,45-43+. The van der Waals surface area contributed by atoms with Gasteiger partial charge in [0.2, 0.25) is 5.91 Å². The Balaban J connectivity index is 4.19. The number of phosphoric acid groups is 1. The lowest BCUT2D eigenvalue weighted by atomic mass is 10.0. The molecule has 0 rings (SSSR count). The van der Waals surface area contributed by atoms with Crippen molar-refractivity contribution in [2.75, 3.05) is 40.9 Å². The van der Waals surface area contributed by atoms with Crippen LogP contribution in [0.1, 0.15) is 251 Å². The fourth-order valence-electron chi connectivity index (χ4n) is 7.74. The summed E-state index contributed by atoms with van der Waals surface area (Å²) in [6, 6.07) is -0.848. The Hall–Kier alpha value is -1.02. The molecule has 0 radical (unpaired) electrons. The minimum Gasteiger partial charge on any atom is -0.387 e. The van der Waals surface area contributed by atoms with Crippen LogP contribution in [-0.2, 0) is 18.4 Å². The van der Waals surface area contributed by atoms with Gasteiger partial charge in [-0.1, -0.05) is 224 Å². The molecular weight excluding hydrogens is 780 g/mol. The summed E-state index contributed by atoms with van der Waals surface area (Å²) in [4.78, 5) is 23.2. The van der Waals surface area contributed by atoms with Gasteiger partial charge in [0.15, 0.2) is 0 Å². The molecule has 0 aliphatic heterocycles. The summed E-state index contributed by atoms with van der Waals surface area (Å²) in [6.45, 7) is 4.81. The molecule has 0 heterocycles. The number of quaternary nitrogens is 1. The molecule has 0 aromatic rings. The van der Waals surface area contributed by atoms with E-state index in [1.54, 1.807) is 6.08 Å². The number of unbranched alkanes of at least 4 members (excludes halogenated alkanes) is 33. The smallest absolute Gasteiger partial charge is 0.387 e. The van der Waals surface area contributed by atoms with Crippen molar-refractivity contribution in [2.24, 2.45) is 0 Å². The van der Waals surface area contributed by atoms with Crippen LogP contribution in [0.25, 0.3) is 0 Å². The molecule has 0 aromatic carbocycles. The Morgan fingerprint density at radius 2 is 0.885 bits per heavy atom. The SMILES string of the molecule is CCCCCC/C=C\CCCCCCCC(=O)NC(COP(=O)(O)OCC[N+](C)(C)C)C(O)/C=C/CCCCCCCCCCCCCCCCCCCCCCCCCC. The number of likely N-dealkylation sites (N-methyl/N-ethyl adjacent to an activating group) is 1. The molecule has 0 saturated carbocycles. The highest BCUT2D eigenvalue weighted by Crippen LogP contribution is 2.43. The average Bonchev–Trinajstić information content (AvgIpc) is 3.21. The molecule has 1 amide bonds. The normalized spacial score (nSPS) is 14.3. The van der Waals surface area contributed by atoms with Gasteiger partial charge in [0.05, 0.1) is 39.9 Å². The van der Waals surface area contributed by atoms with Gasteiger partial charge in [-0.25, -0.2) is 4.57 Å². The number of nitrogens with zero attached hydrogens (tertiary/aromatic N) is 1. The van der Waals surface area contributed by atoms with Crippen molar-refractivity contribution in [2.45, 2.75) is 264 Å². The highest BCUT2D eigenvalue weighted by atomic mass is 31.2. The van der Waals surface area contributed by atoms with E-state index in [9.17, 15) is 19.4 Å². The number of hydrogen-bond donors (Lipinski definition) is 3. The molecule has 8 nitrogen and oxygen atoms in total. The second-order valence-electron chi connectivity index (χ2n) is 19.3. The Labute approximate surface area is 379 Å². The monoisotopic (exact) mass is 884 g/mol. The Kier molecular flexibility index (Phi) is 43.5. The van der Waals surface area contributed by atoms with Crippen LogP contribution in [0, 0.1) is 0 Å². The predicted octanol–water partition coefficient (Wildman–Crippen LogP) is 15.3. The largest absolute Gasteiger partial charge is 0.472 e. The van der Waals surface area contributed by atoms with Crippen molar-refractivity contribution in [3.8, 4) is 0 Å². The van der Waals surface area contributed by atoms with Gasteiger partial charge < -0.3 is 19.8 Å². The van der Waals surface area contributed by atoms with Crippen LogP contribution in [0.5, 0.6) is 0 Å². The number of carbonyl (C=O) groups excluding carboxylic acids is 1. The summed E-state index contributed by atoms with van der Waals surface area (Å²) < 4.78 is 23.6. The van der Waals surface area contributed by atoms with E-state index in [0.717, 1.165) is 51.4 Å². The minimum absolute atomic E-state index is 0.0612. The van der Waals surface area contributed by atoms with Gasteiger partial charge in [-0.2, -0.15) is 0 Å². The maximum atomic E-state index is 12.9. The number of allylic oxidation sites excluding steroid dienone is 3. The zero-order valence-electron chi connectivity index (χ0n) is 41.2. The fraction of sp³-hybridized carbons (Fsp3) is 0.904. The number of aliphatic hydroxyl groups is 1. The van der Waals surface area contributed by atoms with E-state index in [4.69, 9.17) is 9.05 Å². The molecule has 0 fully saturated rings. The summed E-state index contributed by atoms with van der Waals surface area (Å²) >= 11 is 0. The number of amides is 1. The van der Waals surface area contributed by atoms with Crippen molar-refractivity contribution in [3.63, 3.8) is 0 Å². The summed E-state index contributed by atoms with van der Waals surface area (Å²) in [6.07, 6.45) is 54.1. The Morgan fingerprint density at radius 1 is 0.541 bits per heavy atom. The molecule has 9 heteroatoms. The van der Waals surface area contributed by atoms with Gasteiger partial charge in [0.1, 0.15) is 13.2 Å². The Bertz CT molecular complexity index is 1050. The summed E-state index contributed by atoms with van der Waals surface area (Å²) in [5.74, 6) is -0.184. The van der Waals surface area contributed by atoms with E-state index < -0.39 is 20.0 Å². The van der Waals surface area contributed by atoms with Gasteiger partial charge in [-0.15, -0.1) is 0 Å². The van der Waals surface area contributed by atoms with Crippen LogP contribution in [0.3, 0.4) is 0 Å². The molecule has 0 bridgehead atoms. The van der Waals surface area contributed by atoms with Crippen LogP contribution < -0.4 is 5.32 Å². The second-order valence-corrected chi connectivity index (χ2v) is 20.7. The quantitative estimate of drug-likeness (QED) is 0.0243. The maximum absolute atomic E-state index is 12.9. The third kappa shape index (κ3) is 46.8. The first-order valence-electron chi connectivity index (χ1n) is 26.2. The van der Waals surface area contributed by atoms with Crippen molar-refractivity contribution in [1.82, 2.24) is 5.32 Å². The highest BCUT2D eigenvalue weighted by molar-refractivity contribution is 7.47. The van der Waals surface area contributed by atoms with Gasteiger partial charge in [0, 0.05) is 6.42 Å². The van der Waals surface area contributed by atoms with Crippen LogP contribution in [-0.4, -0.2) is 73.4 Å². The molecule has 0 spiro atoms. The lowest BCUT2D eigenvalue weighted by molar-refractivity contribution is -0.870. The zero-order valence-corrected chi connectivity index (χ0v) is 42.1. The van der Waals surface area contributed by atoms with Crippen LogP contribution in [0.15, 0.2) is 24.3 Å². The van der Waals surface area contributed by atoms with Crippen LogP contribution >= 0.6 is 7.82 Å². The number of phosphoric ester groups is 1. The molecular formula is C52H104N2O6P+. The topological polar surface area (TPSA) is 105 Å². The predicted molar refractivity (Wildman–Crippen MR) is 263 cm³/mol. The minimum atomic E-state index is -4.34. The first kappa shape index (κ1) is 60.0. The van der Waals surface area contributed by atoms with Crippen molar-refractivity contribution < 1.29 is 32.9 Å². The molecule has 3 N–H and O–H groups in total. The van der Waals surface area contributed by atoms with E-state index in [2.05, 4.69) is 31.3 Å². The maximum Gasteiger partial charge on any atom is 0.472 e. The van der Waals surface area contributed by atoms with Crippen LogP contribution in [0.2, 0.25) is 0 Å². The first-order valence-corrected chi connectivity index (χ1v) is 27.7. The van der Waals surface area contributed by atoms with E-state index >= 15 is 0 Å². The molecule has 0 aliphatic carbocycles. The van der Waals surface area contributed by atoms with Crippen molar-refractivity contribution >= 4 is 13.7 Å². The van der Waals surface area contributed by atoms with E-state index in [1.165, 1.54) is 180 Å². The lowest BCUT2D eigenvalue weighted by Crippen LogP contribution is -2.45. The van der Waals surface area contributed by atoms with Crippen molar-refractivity contribution in [3.05, 3.63) is 24.3 Å². The fourth-order valence-corrected chi connectivity index (χ4v) is 8.48. The van der Waals surface area contributed by atoms with Gasteiger partial charge >= 0.3 is 7.82 Å². The first-order chi connectivity index (χ1) is 29.5. The number of hydrogen-bond acceptors (Lipinski definition) is 5. The van der Waals surface area contributed by atoms with Gasteiger partial charge in [-0.3, -0.25) is 13.8 Å². The summed E-state index contributed by atoms with van der Waals surface area (Å²) in [5.41, 5.74) is 0. The highest BCUT2D eigenvalue weighted by Gasteiger charge is 2.27. The van der Waals surface area contributed by atoms with Crippen molar-refractivity contribution in [1.29, 1.82) is 0 Å². The van der Waals surface area contributed by atoms with E-state index in [-0.39, 0.29) is 19.1 Å². The molecule has 0 saturated heterocycles. The molecule has 0 aromatic heterocycles. The number of nitrogens with one attached hydrogen (secondary N) is 1. The molecule has 3 unspecified atom stereocenters. The zero-order chi connectivity index (χ0) is 45.0. The Morgan fingerprint density at radius 3 is 1.28 bits per heavy atom.